The molecule has 6 nitrogen and oxygen atoms in total. The summed E-state index contributed by atoms with van der Waals surface area (Å²) < 4.78 is 16.0. The summed E-state index contributed by atoms with van der Waals surface area (Å²) in [5, 5.41) is 2.77. The molecule has 2 rings (SSSR count). The Bertz CT molecular complexity index is 447. The molecule has 21 heavy (non-hydrogen) atoms. The van der Waals surface area contributed by atoms with Crippen LogP contribution in [0.25, 0.3) is 0 Å². The fourth-order valence-corrected chi connectivity index (χ4v) is 2.14. The maximum atomic E-state index is 11.7. The monoisotopic (exact) mass is 294 g/mol. The predicted molar refractivity (Wildman–Crippen MR) is 77.0 cm³/mol. The molecule has 1 amide bonds. The lowest BCUT2D eigenvalue weighted by atomic mass is 10.1. The van der Waals surface area contributed by atoms with E-state index >= 15 is 0 Å². The maximum absolute atomic E-state index is 11.7. The van der Waals surface area contributed by atoms with E-state index in [0.717, 1.165) is 30.9 Å². The molecular formula is C15H22N2O4. The Hall–Kier alpha value is -1.66. The second-order valence-electron chi connectivity index (χ2n) is 4.97. The predicted octanol–water partition coefficient (Wildman–Crippen LogP) is 1.29. The summed E-state index contributed by atoms with van der Waals surface area (Å²) in [5.74, 6) is 0.565. The molecule has 1 atom stereocenters. The average molecular weight is 294 g/mol. The number of nitrogens with one attached hydrogen (secondary N) is 1. The summed E-state index contributed by atoms with van der Waals surface area (Å²) >= 11 is 0. The van der Waals surface area contributed by atoms with Gasteiger partial charge in [0.2, 0.25) is 5.91 Å². The number of hydrogen-bond donors (Lipinski definition) is 1. The highest BCUT2D eigenvalue weighted by Gasteiger charge is 2.14. The number of amides is 1. The van der Waals surface area contributed by atoms with Crippen LogP contribution in [-0.2, 0) is 20.8 Å². The van der Waals surface area contributed by atoms with Gasteiger partial charge in [-0.1, -0.05) is 0 Å². The van der Waals surface area contributed by atoms with E-state index in [2.05, 4.69) is 10.3 Å². The summed E-state index contributed by atoms with van der Waals surface area (Å²) in [4.78, 5) is 15.8. The molecular weight excluding hydrogens is 272 g/mol. The molecule has 0 spiro atoms. The first kappa shape index (κ1) is 15.7. The Morgan fingerprint density at radius 3 is 3.19 bits per heavy atom. The maximum Gasteiger partial charge on any atom is 0.246 e. The van der Waals surface area contributed by atoms with Crippen LogP contribution >= 0.6 is 0 Å². The summed E-state index contributed by atoms with van der Waals surface area (Å²) in [5.41, 5.74) is 0.748. The van der Waals surface area contributed by atoms with Gasteiger partial charge in [0, 0.05) is 18.9 Å². The van der Waals surface area contributed by atoms with Crippen molar-refractivity contribution in [3.63, 3.8) is 0 Å². The van der Waals surface area contributed by atoms with Crippen LogP contribution in [0.4, 0.5) is 0 Å². The van der Waals surface area contributed by atoms with Crippen LogP contribution in [0.5, 0.6) is 5.75 Å². The number of aromatic nitrogens is 1. The molecule has 1 N–H and O–H groups in total. The van der Waals surface area contributed by atoms with Crippen molar-refractivity contribution in [1.29, 1.82) is 0 Å². The van der Waals surface area contributed by atoms with E-state index in [0.29, 0.717) is 13.2 Å². The Balaban J connectivity index is 1.62. The van der Waals surface area contributed by atoms with Crippen LogP contribution in [-0.4, -0.2) is 43.9 Å². The van der Waals surface area contributed by atoms with Crippen LogP contribution in [0, 0.1) is 0 Å². The first-order valence-corrected chi connectivity index (χ1v) is 7.23. The summed E-state index contributed by atoms with van der Waals surface area (Å²) in [6, 6.07) is 3.55. The molecule has 1 aromatic heterocycles. The third-order valence-electron chi connectivity index (χ3n) is 3.30. The van der Waals surface area contributed by atoms with Gasteiger partial charge >= 0.3 is 0 Å². The molecule has 2 heterocycles. The number of carbonyl (C=O) groups is 1. The minimum Gasteiger partial charge on any atom is -0.497 e. The summed E-state index contributed by atoms with van der Waals surface area (Å²) in [7, 11) is 1.60. The SMILES string of the molecule is COc1ccnc(CNC(=O)COCC2CCCCO2)c1. The molecule has 0 saturated carbocycles. The number of ether oxygens (including phenoxy) is 3. The average Bonchev–Trinajstić information content (AvgIpc) is 2.54. The van der Waals surface area contributed by atoms with E-state index in [4.69, 9.17) is 14.2 Å². The Morgan fingerprint density at radius 1 is 1.52 bits per heavy atom. The van der Waals surface area contributed by atoms with Gasteiger partial charge < -0.3 is 19.5 Å². The molecule has 1 unspecified atom stereocenters. The highest BCUT2D eigenvalue weighted by molar-refractivity contribution is 5.77. The standard InChI is InChI=1S/C15H22N2O4/c1-19-13-5-6-16-12(8-13)9-17-15(18)11-20-10-14-4-2-3-7-21-14/h5-6,8,14H,2-4,7,9-11H2,1H3,(H,17,18). The number of rotatable bonds is 7. The van der Waals surface area contributed by atoms with Crippen LogP contribution in [0.15, 0.2) is 18.3 Å². The van der Waals surface area contributed by atoms with Crippen LogP contribution < -0.4 is 10.1 Å². The molecule has 6 heteroatoms. The first-order chi connectivity index (χ1) is 10.3. The zero-order valence-electron chi connectivity index (χ0n) is 12.3. The zero-order valence-corrected chi connectivity index (χ0v) is 12.3. The largest absolute Gasteiger partial charge is 0.497 e. The van der Waals surface area contributed by atoms with Crippen molar-refractivity contribution in [3.05, 3.63) is 24.0 Å². The molecule has 0 radical (unpaired) electrons. The van der Waals surface area contributed by atoms with Gasteiger partial charge in [0.05, 0.1) is 32.1 Å². The molecule has 1 aromatic rings. The Morgan fingerprint density at radius 2 is 2.43 bits per heavy atom. The number of hydrogen-bond acceptors (Lipinski definition) is 5. The summed E-state index contributed by atoms with van der Waals surface area (Å²) in [6.45, 7) is 1.68. The van der Waals surface area contributed by atoms with Crippen molar-refractivity contribution >= 4 is 5.91 Å². The quantitative estimate of drug-likeness (QED) is 0.820. The second kappa shape index (κ2) is 8.59. The first-order valence-electron chi connectivity index (χ1n) is 7.23. The van der Waals surface area contributed by atoms with E-state index in [1.165, 1.54) is 6.42 Å². The smallest absolute Gasteiger partial charge is 0.246 e. The van der Waals surface area contributed by atoms with E-state index in [1.807, 2.05) is 0 Å². The number of carbonyl (C=O) groups excluding carboxylic acids is 1. The van der Waals surface area contributed by atoms with Gasteiger partial charge in [0.15, 0.2) is 0 Å². The van der Waals surface area contributed by atoms with Crippen LogP contribution in [0.1, 0.15) is 25.0 Å². The van der Waals surface area contributed by atoms with Gasteiger partial charge in [-0.2, -0.15) is 0 Å². The van der Waals surface area contributed by atoms with Crippen molar-refractivity contribution in [1.82, 2.24) is 10.3 Å². The third-order valence-corrected chi connectivity index (χ3v) is 3.30. The Kier molecular flexibility index (Phi) is 6.43. The van der Waals surface area contributed by atoms with Gasteiger partial charge in [-0.05, 0) is 25.3 Å². The van der Waals surface area contributed by atoms with E-state index < -0.39 is 0 Å². The van der Waals surface area contributed by atoms with Crippen LogP contribution in [0.3, 0.4) is 0 Å². The van der Waals surface area contributed by atoms with Crippen molar-refractivity contribution in [2.45, 2.75) is 31.9 Å². The van der Waals surface area contributed by atoms with Crippen molar-refractivity contribution in [2.75, 3.05) is 26.9 Å². The normalized spacial score (nSPS) is 18.2. The zero-order chi connectivity index (χ0) is 14.9. The van der Waals surface area contributed by atoms with Gasteiger partial charge in [0.25, 0.3) is 0 Å². The Labute approximate surface area is 124 Å². The fraction of sp³-hybridized carbons (Fsp3) is 0.600. The minimum atomic E-state index is -0.157. The van der Waals surface area contributed by atoms with E-state index in [-0.39, 0.29) is 18.6 Å². The van der Waals surface area contributed by atoms with Gasteiger partial charge in [-0.15, -0.1) is 0 Å². The lowest BCUT2D eigenvalue weighted by Gasteiger charge is -2.22. The molecule has 0 aromatic carbocycles. The lowest BCUT2D eigenvalue weighted by Crippen LogP contribution is -2.30. The molecule has 0 bridgehead atoms. The van der Waals surface area contributed by atoms with Crippen molar-refractivity contribution in [2.24, 2.45) is 0 Å². The number of methoxy groups -OCH3 is 1. The molecule has 116 valence electrons. The van der Waals surface area contributed by atoms with Gasteiger partial charge in [-0.25, -0.2) is 0 Å². The molecule has 1 aliphatic heterocycles. The number of nitrogens with zero attached hydrogens (tertiary/aromatic N) is 1. The van der Waals surface area contributed by atoms with E-state index in [1.54, 1.807) is 25.4 Å². The molecule has 1 fully saturated rings. The third kappa shape index (κ3) is 5.69. The minimum absolute atomic E-state index is 0.0455. The van der Waals surface area contributed by atoms with Gasteiger partial charge in [-0.3, -0.25) is 9.78 Å². The van der Waals surface area contributed by atoms with Crippen molar-refractivity contribution in [3.8, 4) is 5.75 Å². The summed E-state index contributed by atoms with van der Waals surface area (Å²) in [6.07, 6.45) is 5.07. The van der Waals surface area contributed by atoms with Crippen molar-refractivity contribution < 1.29 is 19.0 Å². The molecule has 1 aliphatic rings. The number of pyridine rings is 1. The highest BCUT2D eigenvalue weighted by atomic mass is 16.5. The highest BCUT2D eigenvalue weighted by Crippen LogP contribution is 2.12. The van der Waals surface area contributed by atoms with Crippen LogP contribution in [0.2, 0.25) is 0 Å². The molecule has 0 aliphatic carbocycles. The van der Waals surface area contributed by atoms with E-state index in [9.17, 15) is 4.79 Å². The fourth-order valence-electron chi connectivity index (χ4n) is 2.14. The lowest BCUT2D eigenvalue weighted by molar-refractivity contribution is -0.128. The molecule has 1 saturated heterocycles. The van der Waals surface area contributed by atoms with Gasteiger partial charge in [0.1, 0.15) is 12.4 Å². The topological polar surface area (TPSA) is 69.7 Å². The second-order valence-corrected chi connectivity index (χ2v) is 4.97.